The van der Waals surface area contributed by atoms with Gasteiger partial charge in [0.25, 0.3) is 0 Å². The number of nitrogens with one attached hydrogen (secondary N) is 2. The smallest absolute Gasteiger partial charge is 0.177 e. The first-order valence-corrected chi connectivity index (χ1v) is 8.86. The topological polar surface area (TPSA) is 75.2 Å². The van der Waals surface area contributed by atoms with Crippen LogP contribution < -0.4 is 0 Å². The SMILES string of the molecule is Cc1nn([C@H](C)C2CC2)c2nc(-c3cn[nH]c3-c3cccc(F)c3)[nH]c12. The van der Waals surface area contributed by atoms with Gasteiger partial charge in [0.2, 0.25) is 0 Å². The summed E-state index contributed by atoms with van der Waals surface area (Å²) in [5, 5.41) is 11.8. The summed E-state index contributed by atoms with van der Waals surface area (Å²) in [5.74, 6) is 1.12. The Balaban J connectivity index is 1.63. The van der Waals surface area contributed by atoms with Gasteiger partial charge < -0.3 is 4.98 Å². The number of benzene rings is 1. The number of hydrogen-bond acceptors (Lipinski definition) is 3. The van der Waals surface area contributed by atoms with Crippen LogP contribution in [-0.4, -0.2) is 29.9 Å². The fourth-order valence-electron chi connectivity index (χ4n) is 3.56. The van der Waals surface area contributed by atoms with Crippen molar-refractivity contribution in [2.24, 2.45) is 5.92 Å². The summed E-state index contributed by atoms with van der Waals surface area (Å²) in [6.07, 6.45) is 4.23. The number of hydrogen-bond donors (Lipinski definition) is 2. The van der Waals surface area contributed by atoms with Gasteiger partial charge in [0, 0.05) is 5.56 Å². The third-order valence-corrected chi connectivity index (χ3v) is 5.22. The van der Waals surface area contributed by atoms with Gasteiger partial charge in [0.05, 0.1) is 29.2 Å². The molecule has 1 saturated carbocycles. The Morgan fingerprint density at radius 2 is 2.15 bits per heavy atom. The molecule has 7 heteroatoms. The largest absolute Gasteiger partial charge is 0.335 e. The van der Waals surface area contributed by atoms with E-state index in [2.05, 4.69) is 27.2 Å². The lowest BCUT2D eigenvalue weighted by Crippen LogP contribution is -2.09. The van der Waals surface area contributed by atoms with Crippen molar-refractivity contribution in [2.75, 3.05) is 0 Å². The number of nitrogens with zero attached hydrogens (tertiary/aromatic N) is 4. The maximum Gasteiger partial charge on any atom is 0.177 e. The highest BCUT2D eigenvalue weighted by atomic mass is 19.1. The van der Waals surface area contributed by atoms with E-state index in [1.165, 1.54) is 25.0 Å². The van der Waals surface area contributed by atoms with Crippen LogP contribution in [0.25, 0.3) is 33.8 Å². The fourth-order valence-corrected chi connectivity index (χ4v) is 3.56. The first-order chi connectivity index (χ1) is 12.6. The average molecular weight is 350 g/mol. The van der Waals surface area contributed by atoms with E-state index in [0.29, 0.717) is 17.8 Å². The number of aryl methyl sites for hydroxylation is 1. The normalized spacial score (nSPS) is 15.7. The van der Waals surface area contributed by atoms with Crippen LogP contribution in [0.4, 0.5) is 4.39 Å². The molecular weight excluding hydrogens is 331 g/mol. The van der Waals surface area contributed by atoms with Crippen LogP contribution in [0.5, 0.6) is 0 Å². The average Bonchev–Trinajstić information content (AvgIpc) is 3.08. The highest BCUT2D eigenvalue weighted by Crippen LogP contribution is 2.40. The first-order valence-electron chi connectivity index (χ1n) is 8.86. The van der Waals surface area contributed by atoms with Gasteiger partial charge in [-0.15, -0.1) is 0 Å². The van der Waals surface area contributed by atoms with E-state index in [1.807, 2.05) is 17.7 Å². The summed E-state index contributed by atoms with van der Waals surface area (Å²) in [6, 6.07) is 6.80. The zero-order valence-corrected chi connectivity index (χ0v) is 14.6. The first kappa shape index (κ1) is 15.3. The Labute approximate surface area is 149 Å². The van der Waals surface area contributed by atoms with E-state index in [1.54, 1.807) is 12.3 Å². The highest BCUT2D eigenvalue weighted by Gasteiger charge is 2.31. The zero-order valence-electron chi connectivity index (χ0n) is 14.6. The lowest BCUT2D eigenvalue weighted by Gasteiger charge is -2.10. The van der Waals surface area contributed by atoms with E-state index in [-0.39, 0.29) is 5.82 Å². The summed E-state index contributed by atoms with van der Waals surface area (Å²) in [5.41, 5.74) is 5.04. The number of rotatable bonds is 4. The highest BCUT2D eigenvalue weighted by molar-refractivity contribution is 5.83. The molecule has 6 nitrogen and oxygen atoms in total. The maximum atomic E-state index is 13.6. The lowest BCUT2D eigenvalue weighted by molar-refractivity contribution is 0.449. The van der Waals surface area contributed by atoms with Gasteiger partial charge in [-0.05, 0) is 44.7 Å². The van der Waals surface area contributed by atoms with Crippen molar-refractivity contribution < 1.29 is 4.39 Å². The van der Waals surface area contributed by atoms with Crippen molar-refractivity contribution in [1.82, 2.24) is 29.9 Å². The molecule has 1 aliphatic carbocycles. The van der Waals surface area contributed by atoms with E-state index in [0.717, 1.165) is 33.7 Å². The van der Waals surface area contributed by atoms with Crippen LogP contribution in [0.1, 0.15) is 31.5 Å². The second kappa shape index (κ2) is 5.52. The molecule has 1 aliphatic rings. The molecule has 26 heavy (non-hydrogen) atoms. The standard InChI is InChI=1S/C19H19FN6/c1-10-16-19(26(25-10)11(2)12-6-7-12)23-18(22-16)15-9-21-24-17(15)13-4-3-5-14(20)8-13/h3-5,8-9,11-12H,6-7H2,1-2H3,(H,21,24)(H,22,23)/t11-/m1/s1. The monoisotopic (exact) mass is 350 g/mol. The lowest BCUT2D eigenvalue weighted by atomic mass is 10.1. The van der Waals surface area contributed by atoms with E-state index < -0.39 is 0 Å². The molecule has 0 bridgehead atoms. The Bertz CT molecular complexity index is 1100. The third-order valence-electron chi connectivity index (χ3n) is 5.22. The van der Waals surface area contributed by atoms with Crippen molar-refractivity contribution in [3.05, 3.63) is 42.0 Å². The van der Waals surface area contributed by atoms with Crippen LogP contribution in [0.3, 0.4) is 0 Å². The molecule has 5 rings (SSSR count). The van der Waals surface area contributed by atoms with Gasteiger partial charge in [-0.3, -0.25) is 5.10 Å². The third kappa shape index (κ3) is 2.34. The molecule has 2 N–H and O–H groups in total. The number of H-pyrrole nitrogens is 2. The number of halogens is 1. The predicted octanol–water partition coefficient (Wildman–Crippen LogP) is 4.24. The second-order valence-electron chi connectivity index (χ2n) is 7.06. The van der Waals surface area contributed by atoms with Crippen LogP contribution in [0, 0.1) is 18.7 Å². The minimum Gasteiger partial charge on any atom is -0.335 e. The van der Waals surface area contributed by atoms with Crippen LogP contribution in [0.15, 0.2) is 30.5 Å². The minimum atomic E-state index is -0.280. The van der Waals surface area contributed by atoms with Gasteiger partial charge in [-0.2, -0.15) is 10.2 Å². The molecule has 1 fully saturated rings. The van der Waals surface area contributed by atoms with Gasteiger partial charge in [-0.1, -0.05) is 12.1 Å². The molecule has 4 aromatic rings. The zero-order chi connectivity index (χ0) is 17.8. The number of aromatic nitrogens is 6. The Kier molecular flexibility index (Phi) is 3.25. The summed E-state index contributed by atoms with van der Waals surface area (Å²) in [7, 11) is 0. The molecule has 1 atom stereocenters. The summed E-state index contributed by atoms with van der Waals surface area (Å²) in [6.45, 7) is 4.19. The summed E-state index contributed by atoms with van der Waals surface area (Å²) < 4.78 is 15.6. The molecule has 132 valence electrons. The maximum absolute atomic E-state index is 13.6. The summed E-state index contributed by atoms with van der Waals surface area (Å²) >= 11 is 0. The van der Waals surface area contributed by atoms with Gasteiger partial charge >= 0.3 is 0 Å². The molecular formula is C19H19FN6. The quantitative estimate of drug-likeness (QED) is 0.578. The van der Waals surface area contributed by atoms with Crippen molar-refractivity contribution in [2.45, 2.75) is 32.7 Å². The van der Waals surface area contributed by atoms with Crippen molar-refractivity contribution in [3.8, 4) is 22.6 Å². The molecule has 3 heterocycles. The van der Waals surface area contributed by atoms with Gasteiger partial charge in [-0.25, -0.2) is 14.1 Å². The van der Waals surface area contributed by atoms with E-state index in [4.69, 9.17) is 4.98 Å². The fraction of sp³-hybridized carbons (Fsp3) is 0.316. The molecule has 3 aromatic heterocycles. The Morgan fingerprint density at radius 1 is 1.31 bits per heavy atom. The van der Waals surface area contributed by atoms with Gasteiger partial charge in [0.1, 0.15) is 17.2 Å². The van der Waals surface area contributed by atoms with Crippen LogP contribution >= 0.6 is 0 Å². The van der Waals surface area contributed by atoms with Crippen LogP contribution in [-0.2, 0) is 0 Å². The van der Waals surface area contributed by atoms with E-state index in [9.17, 15) is 4.39 Å². The number of fused-ring (bicyclic) bond motifs is 1. The van der Waals surface area contributed by atoms with Crippen molar-refractivity contribution in [3.63, 3.8) is 0 Å². The molecule has 0 aliphatic heterocycles. The molecule has 0 saturated heterocycles. The number of aromatic amines is 2. The Hall–Kier alpha value is -2.96. The van der Waals surface area contributed by atoms with Crippen molar-refractivity contribution >= 4 is 11.2 Å². The van der Waals surface area contributed by atoms with E-state index >= 15 is 0 Å². The summed E-state index contributed by atoms with van der Waals surface area (Å²) in [4.78, 5) is 8.18. The Morgan fingerprint density at radius 3 is 2.92 bits per heavy atom. The van der Waals surface area contributed by atoms with Gasteiger partial charge in [0.15, 0.2) is 5.65 Å². The number of imidazole rings is 1. The molecule has 0 unspecified atom stereocenters. The van der Waals surface area contributed by atoms with Crippen molar-refractivity contribution in [1.29, 1.82) is 0 Å². The molecule has 1 aromatic carbocycles. The predicted molar refractivity (Wildman–Crippen MR) is 97.0 cm³/mol. The molecule has 0 radical (unpaired) electrons. The molecule has 0 amide bonds. The minimum absolute atomic E-state index is 0.280. The molecule has 0 spiro atoms. The van der Waals surface area contributed by atoms with Crippen LogP contribution in [0.2, 0.25) is 0 Å². The second-order valence-corrected chi connectivity index (χ2v) is 7.06.